The first-order valence-corrected chi connectivity index (χ1v) is 7.59. The van der Waals surface area contributed by atoms with Gasteiger partial charge < -0.3 is 5.73 Å². The smallest absolute Gasteiger partial charge is 0.191 e. The van der Waals surface area contributed by atoms with Crippen LogP contribution in [0.3, 0.4) is 0 Å². The van der Waals surface area contributed by atoms with Crippen LogP contribution in [0.15, 0.2) is 5.16 Å². The van der Waals surface area contributed by atoms with Gasteiger partial charge in [-0.1, -0.05) is 25.6 Å². The van der Waals surface area contributed by atoms with Crippen LogP contribution in [-0.4, -0.2) is 15.2 Å². The van der Waals surface area contributed by atoms with E-state index in [2.05, 4.69) is 23.8 Å². The summed E-state index contributed by atoms with van der Waals surface area (Å²) in [7, 11) is 0. The van der Waals surface area contributed by atoms with Crippen LogP contribution in [0.4, 0.5) is 5.82 Å². The summed E-state index contributed by atoms with van der Waals surface area (Å²) in [5.74, 6) is 0.664. The molecular formula is C12H15N3S2. The Morgan fingerprint density at radius 2 is 2.12 bits per heavy atom. The van der Waals surface area contributed by atoms with Crippen LogP contribution in [0.2, 0.25) is 0 Å². The van der Waals surface area contributed by atoms with Gasteiger partial charge in [-0.05, 0) is 24.8 Å². The molecule has 0 spiro atoms. The number of thioether (sulfide) groups is 1. The van der Waals surface area contributed by atoms with E-state index < -0.39 is 0 Å². The third-order valence-corrected chi connectivity index (χ3v) is 4.96. The molecular weight excluding hydrogens is 250 g/mol. The van der Waals surface area contributed by atoms with E-state index in [0.29, 0.717) is 11.1 Å². The molecule has 0 aromatic carbocycles. The zero-order chi connectivity index (χ0) is 12.0. The number of anilines is 1. The van der Waals surface area contributed by atoms with E-state index in [4.69, 9.17) is 5.73 Å². The van der Waals surface area contributed by atoms with Crippen LogP contribution in [0.25, 0.3) is 10.2 Å². The van der Waals surface area contributed by atoms with Gasteiger partial charge in [0.1, 0.15) is 10.6 Å². The van der Waals surface area contributed by atoms with Gasteiger partial charge in [0.15, 0.2) is 5.16 Å². The predicted octanol–water partition coefficient (Wildman–Crippen LogP) is 3.26. The van der Waals surface area contributed by atoms with Crippen molar-refractivity contribution in [1.29, 1.82) is 0 Å². The highest BCUT2D eigenvalue weighted by molar-refractivity contribution is 7.99. The lowest BCUT2D eigenvalue weighted by Crippen LogP contribution is -1.98. The van der Waals surface area contributed by atoms with E-state index in [-0.39, 0.29) is 0 Å². The number of hydrogen-bond donors (Lipinski definition) is 1. The number of rotatable bonds is 2. The average Bonchev–Trinajstić information content (AvgIpc) is 2.74. The van der Waals surface area contributed by atoms with E-state index >= 15 is 0 Å². The molecule has 2 aromatic rings. The van der Waals surface area contributed by atoms with Gasteiger partial charge in [0, 0.05) is 10.1 Å². The molecule has 0 aliphatic heterocycles. The first kappa shape index (κ1) is 11.3. The molecule has 0 saturated carbocycles. The molecule has 1 aliphatic carbocycles. The minimum absolute atomic E-state index is 0.485. The van der Waals surface area contributed by atoms with Gasteiger partial charge in [0.05, 0.1) is 5.39 Å². The Bertz CT molecular complexity index is 575. The summed E-state index contributed by atoms with van der Waals surface area (Å²) >= 11 is 3.47. The molecule has 2 heterocycles. The highest BCUT2D eigenvalue weighted by Crippen LogP contribution is 2.39. The molecule has 5 heteroatoms. The molecule has 0 amide bonds. The van der Waals surface area contributed by atoms with Gasteiger partial charge in [0.2, 0.25) is 0 Å². The Labute approximate surface area is 109 Å². The molecule has 0 radical (unpaired) electrons. The van der Waals surface area contributed by atoms with Crippen molar-refractivity contribution in [1.82, 2.24) is 9.97 Å². The second-order valence-electron chi connectivity index (χ2n) is 4.60. The lowest BCUT2D eigenvalue weighted by atomic mass is 10.2. The third kappa shape index (κ3) is 1.91. The molecule has 0 bridgehead atoms. The Hall–Kier alpha value is -0.810. The number of nitrogen functional groups attached to an aromatic ring is 1. The van der Waals surface area contributed by atoms with Crippen molar-refractivity contribution in [2.75, 3.05) is 5.73 Å². The summed E-state index contributed by atoms with van der Waals surface area (Å²) < 4.78 is 0. The van der Waals surface area contributed by atoms with Gasteiger partial charge in [0.25, 0.3) is 0 Å². The van der Waals surface area contributed by atoms with Crippen molar-refractivity contribution >= 4 is 39.1 Å². The first-order chi connectivity index (χ1) is 8.15. The molecule has 3 rings (SSSR count). The number of nitrogens with zero attached hydrogens (tertiary/aromatic N) is 2. The second-order valence-corrected chi connectivity index (χ2v) is 7.22. The number of aryl methyl sites for hydroxylation is 2. The fraction of sp³-hybridized carbons (Fsp3) is 0.500. The van der Waals surface area contributed by atoms with Gasteiger partial charge in [-0.2, -0.15) is 0 Å². The van der Waals surface area contributed by atoms with Gasteiger partial charge in [-0.15, -0.1) is 11.3 Å². The molecule has 2 aromatic heterocycles. The van der Waals surface area contributed by atoms with Crippen molar-refractivity contribution in [3.63, 3.8) is 0 Å². The maximum absolute atomic E-state index is 6.09. The summed E-state index contributed by atoms with van der Waals surface area (Å²) in [5.41, 5.74) is 7.50. The lowest BCUT2D eigenvalue weighted by molar-refractivity contribution is 0.916. The van der Waals surface area contributed by atoms with Crippen LogP contribution in [0, 0.1) is 0 Å². The van der Waals surface area contributed by atoms with Gasteiger partial charge in [-0.3, -0.25) is 0 Å². The Morgan fingerprint density at radius 1 is 1.29 bits per heavy atom. The van der Waals surface area contributed by atoms with E-state index in [1.54, 1.807) is 23.1 Å². The van der Waals surface area contributed by atoms with Crippen molar-refractivity contribution in [2.45, 2.75) is 43.5 Å². The van der Waals surface area contributed by atoms with Crippen molar-refractivity contribution in [2.24, 2.45) is 0 Å². The number of nitrogens with two attached hydrogens (primary N) is 1. The zero-order valence-corrected chi connectivity index (χ0v) is 11.6. The highest BCUT2D eigenvalue weighted by Gasteiger charge is 2.21. The van der Waals surface area contributed by atoms with E-state index in [9.17, 15) is 0 Å². The van der Waals surface area contributed by atoms with Crippen LogP contribution >= 0.6 is 23.1 Å². The monoisotopic (exact) mass is 265 g/mol. The van der Waals surface area contributed by atoms with Gasteiger partial charge in [-0.25, -0.2) is 9.97 Å². The fourth-order valence-electron chi connectivity index (χ4n) is 2.27. The second kappa shape index (κ2) is 4.14. The molecule has 0 fully saturated rings. The lowest BCUT2D eigenvalue weighted by Gasteiger charge is -2.05. The van der Waals surface area contributed by atoms with Crippen molar-refractivity contribution in [3.8, 4) is 0 Å². The molecule has 0 saturated heterocycles. The minimum Gasteiger partial charge on any atom is -0.383 e. The van der Waals surface area contributed by atoms with E-state index in [1.807, 2.05) is 0 Å². The number of fused-ring (bicyclic) bond motifs is 3. The molecule has 0 unspecified atom stereocenters. The quantitative estimate of drug-likeness (QED) is 0.669. The van der Waals surface area contributed by atoms with Crippen LogP contribution < -0.4 is 5.73 Å². The molecule has 90 valence electrons. The zero-order valence-electron chi connectivity index (χ0n) is 9.99. The topological polar surface area (TPSA) is 51.8 Å². The summed E-state index contributed by atoms with van der Waals surface area (Å²) in [6, 6.07) is 0. The van der Waals surface area contributed by atoms with Crippen LogP contribution in [-0.2, 0) is 12.8 Å². The maximum Gasteiger partial charge on any atom is 0.191 e. The van der Waals surface area contributed by atoms with E-state index in [1.165, 1.54) is 23.3 Å². The Kier molecular flexibility index (Phi) is 2.75. The van der Waals surface area contributed by atoms with Crippen LogP contribution in [0.1, 0.15) is 30.7 Å². The molecule has 17 heavy (non-hydrogen) atoms. The van der Waals surface area contributed by atoms with Crippen molar-refractivity contribution in [3.05, 3.63) is 10.4 Å². The average molecular weight is 265 g/mol. The summed E-state index contributed by atoms with van der Waals surface area (Å²) in [6.45, 7) is 4.28. The maximum atomic E-state index is 6.09. The number of aromatic nitrogens is 2. The minimum atomic E-state index is 0.485. The van der Waals surface area contributed by atoms with E-state index in [0.717, 1.165) is 21.8 Å². The summed E-state index contributed by atoms with van der Waals surface area (Å²) in [5, 5.41) is 2.42. The Balaban J connectivity index is 2.15. The standard InChI is InChI=1S/C12H15N3S2/c1-6(2)16-12-14-10(13)9-7-4-3-5-8(7)17-11(9)15-12/h6H,3-5H2,1-2H3,(H2,13,14,15). The first-order valence-electron chi connectivity index (χ1n) is 5.89. The molecule has 0 atom stereocenters. The van der Waals surface area contributed by atoms with Gasteiger partial charge >= 0.3 is 0 Å². The Morgan fingerprint density at radius 3 is 2.88 bits per heavy atom. The highest BCUT2D eigenvalue weighted by atomic mass is 32.2. The molecule has 3 nitrogen and oxygen atoms in total. The summed E-state index contributed by atoms with van der Waals surface area (Å²) in [4.78, 5) is 11.6. The predicted molar refractivity (Wildman–Crippen MR) is 74.8 cm³/mol. The SMILES string of the molecule is CC(C)Sc1nc(N)c2c3c(sc2n1)CCC3. The normalized spacial score (nSPS) is 14.8. The third-order valence-electron chi connectivity index (χ3n) is 2.91. The number of thiophene rings is 1. The number of hydrogen-bond acceptors (Lipinski definition) is 5. The largest absolute Gasteiger partial charge is 0.383 e. The molecule has 1 aliphatic rings. The fourth-order valence-corrected chi connectivity index (χ4v) is 4.31. The van der Waals surface area contributed by atoms with Crippen molar-refractivity contribution < 1.29 is 0 Å². The summed E-state index contributed by atoms with van der Waals surface area (Å²) in [6.07, 6.45) is 3.57. The van der Waals surface area contributed by atoms with Crippen LogP contribution in [0.5, 0.6) is 0 Å². The molecule has 2 N–H and O–H groups in total.